The summed E-state index contributed by atoms with van der Waals surface area (Å²) in [6.07, 6.45) is 12.3. The summed E-state index contributed by atoms with van der Waals surface area (Å²) in [6, 6.07) is 13.9. The average molecular weight is 397 g/mol. The van der Waals surface area contributed by atoms with Gasteiger partial charge in [-0.05, 0) is 0 Å². The first kappa shape index (κ1) is 19.3. The normalized spacial score (nSPS) is 22.7. The number of benzene rings is 1. The van der Waals surface area contributed by atoms with Gasteiger partial charge in [0.1, 0.15) is 0 Å². The summed E-state index contributed by atoms with van der Waals surface area (Å²) in [5, 5.41) is 0. The molecule has 1 heterocycles. The third-order valence-corrected chi connectivity index (χ3v) is 14.3. The van der Waals surface area contributed by atoms with Crippen molar-refractivity contribution in [3.63, 3.8) is 0 Å². The molecule has 0 nitrogen and oxygen atoms in total. The van der Waals surface area contributed by atoms with Crippen molar-refractivity contribution in [3.8, 4) is 0 Å². The predicted octanol–water partition coefficient (Wildman–Crippen LogP) is -0.529. The summed E-state index contributed by atoms with van der Waals surface area (Å²) >= 11 is -0.0746. The van der Waals surface area contributed by atoms with E-state index in [1.54, 1.807) is 27.1 Å². The van der Waals surface area contributed by atoms with Crippen LogP contribution in [0.1, 0.15) is 36.4 Å². The molecule has 0 radical (unpaired) electrons. The monoisotopic (exact) mass is 396 g/mol. The first-order valence-corrected chi connectivity index (χ1v) is 12.5. The molecule has 1 aliphatic heterocycles. The first-order chi connectivity index (χ1) is 10.3. The fourth-order valence-electron chi connectivity index (χ4n) is 4.29. The maximum absolute atomic E-state index is 2.59. The van der Waals surface area contributed by atoms with Crippen LogP contribution in [0.2, 0.25) is 18.1 Å². The fourth-order valence-corrected chi connectivity index (χ4v) is 12.7. The molecule has 0 bridgehead atoms. The topological polar surface area (TPSA) is 0 Å². The molecule has 2 aliphatic carbocycles. The molecular formula is C19H22Cl2SiTi. The molecule has 1 unspecified atom stereocenters. The Hall–Kier alpha value is -0.0488. The summed E-state index contributed by atoms with van der Waals surface area (Å²) < 4.78 is 3.60. The maximum atomic E-state index is 2.59. The molecule has 4 rings (SSSR count). The number of hydrogen-bond donors (Lipinski definition) is 0. The zero-order valence-corrected chi connectivity index (χ0v) is 17.6. The zero-order valence-electron chi connectivity index (χ0n) is 13.5. The molecule has 0 amide bonds. The quantitative estimate of drug-likeness (QED) is 0.600. The summed E-state index contributed by atoms with van der Waals surface area (Å²) in [5.41, 5.74) is 4.10. The third kappa shape index (κ3) is 3.37. The van der Waals surface area contributed by atoms with Gasteiger partial charge in [0.25, 0.3) is 0 Å². The second-order valence-electron chi connectivity index (χ2n) is 6.68. The molecule has 0 saturated carbocycles. The first-order valence-electron chi connectivity index (χ1n) is 8.26. The van der Waals surface area contributed by atoms with E-state index in [0.29, 0.717) is 0 Å². The molecule has 3 aliphatic rings. The van der Waals surface area contributed by atoms with Crippen molar-refractivity contribution in [3.05, 3.63) is 61.4 Å². The minimum absolute atomic E-state index is 0. The van der Waals surface area contributed by atoms with Crippen LogP contribution >= 0.6 is 0 Å². The van der Waals surface area contributed by atoms with Gasteiger partial charge in [0.2, 0.25) is 0 Å². The van der Waals surface area contributed by atoms with Crippen LogP contribution in [0, 0.1) is 0 Å². The average Bonchev–Trinajstić information content (AvgIpc) is 3.08. The van der Waals surface area contributed by atoms with Crippen LogP contribution in [0.25, 0.3) is 6.08 Å². The number of fused-ring (bicyclic) bond motifs is 1. The molecule has 23 heavy (non-hydrogen) atoms. The van der Waals surface area contributed by atoms with Crippen molar-refractivity contribution in [1.29, 1.82) is 0 Å². The van der Waals surface area contributed by atoms with Crippen LogP contribution in [0.15, 0.2) is 50.2 Å². The van der Waals surface area contributed by atoms with Crippen molar-refractivity contribution in [2.24, 2.45) is 0 Å². The molecule has 4 heteroatoms. The largest absolute Gasteiger partial charge is 1.00 e. The third-order valence-electron chi connectivity index (χ3n) is 5.67. The molecule has 0 N–H and O–H groups in total. The van der Waals surface area contributed by atoms with E-state index in [4.69, 9.17) is 0 Å². The number of rotatable bonds is 4. The molecule has 0 aromatic heterocycles. The summed E-state index contributed by atoms with van der Waals surface area (Å²) in [4.78, 5) is 0. The van der Waals surface area contributed by atoms with Crippen molar-refractivity contribution in [2.45, 2.75) is 43.4 Å². The van der Waals surface area contributed by atoms with Gasteiger partial charge >= 0.3 is 138 Å². The van der Waals surface area contributed by atoms with Gasteiger partial charge in [-0.15, -0.1) is 0 Å². The van der Waals surface area contributed by atoms with E-state index >= 15 is 0 Å². The van der Waals surface area contributed by atoms with Gasteiger partial charge in [-0.3, -0.25) is 0 Å². The van der Waals surface area contributed by atoms with Crippen LogP contribution in [0.3, 0.4) is 0 Å². The molecule has 0 spiro atoms. The molecule has 1 saturated heterocycles. The molecule has 1 aromatic carbocycles. The number of hydrogen-bond acceptors (Lipinski definition) is 0. The second-order valence-corrected chi connectivity index (χ2v) is 14.0. The molecule has 120 valence electrons. The Labute approximate surface area is 162 Å². The van der Waals surface area contributed by atoms with Crippen LogP contribution < -0.4 is 24.8 Å². The smallest absolute Gasteiger partial charge is 1.00 e. The van der Waals surface area contributed by atoms with E-state index in [0.717, 1.165) is 5.54 Å². The van der Waals surface area contributed by atoms with Crippen LogP contribution in [-0.4, -0.2) is 8.07 Å². The standard InChI is InChI=1S/C14H17Si.C5H5.2ClH.Ti/c1-2-15(10-5-11-15)14-9-8-12-6-3-4-7-13(12)14;1-2-4-5-3-1;;;/h3-4,6-8,14H,2,5,10-11H2,1H3;1-3H,4H2;2*1H;/q;;;;+2/p-2. The van der Waals surface area contributed by atoms with Gasteiger partial charge in [-0.25, -0.2) is 0 Å². The van der Waals surface area contributed by atoms with E-state index < -0.39 is 8.07 Å². The summed E-state index contributed by atoms with van der Waals surface area (Å²) in [5.74, 6) is 0. The van der Waals surface area contributed by atoms with E-state index in [1.807, 2.05) is 3.88 Å². The molecular weight excluding hydrogens is 375 g/mol. The van der Waals surface area contributed by atoms with Gasteiger partial charge in [-0.2, -0.15) is 0 Å². The second kappa shape index (κ2) is 7.89. The minimum atomic E-state index is -1.05. The van der Waals surface area contributed by atoms with Crippen molar-refractivity contribution < 1.29 is 44.0 Å². The molecule has 1 fully saturated rings. The Morgan fingerprint density at radius 1 is 1.17 bits per heavy atom. The van der Waals surface area contributed by atoms with Crippen molar-refractivity contribution >= 4 is 14.1 Å². The van der Waals surface area contributed by atoms with Crippen molar-refractivity contribution in [1.82, 2.24) is 0 Å². The Balaban J connectivity index is 0.000000960. The molecule has 1 aromatic rings. The Morgan fingerprint density at radius 2 is 1.96 bits per heavy atom. The zero-order chi connectivity index (χ0) is 14.3. The summed E-state index contributed by atoms with van der Waals surface area (Å²) in [6.45, 7) is 2.47. The van der Waals surface area contributed by atoms with Gasteiger partial charge in [0, 0.05) is 0 Å². The van der Waals surface area contributed by atoms with E-state index in [1.165, 1.54) is 18.9 Å². The number of allylic oxidation sites excluding steroid dienone is 5. The van der Waals surface area contributed by atoms with E-state index in [2.05, 4.69) is 55.5 Å². The van der Waals surface area contributed by atoms with Gasteiger partial charge in [-0.1, -0.05) is 0 Å². The van der Waals surface area contributed by atoms with Gasteiger partial charge in [0.15, 0.2) is 0 Å². The van der Waals surface area contributed by atoms with E-state index in [9.17, 15) is 0 Å². The van der Waals surface area contributed by atoms with Crippen LogP contribution in [0.4, 0.5) is 0 Å². The molecule has 1 atom stereocenters. The predicted molar refractivity (Wildman–Crippen MR) is 89.5 cm³/mol. The maximum Gasteiger partial charge on any atom is -1.00 e. The van der Waals surface area contributed by atoms with Gasteiger partial charge in [0.05, 0.1) is 0 Å². The SMILES string of the molecule is CC[Si]1(C2[C]([Ti+2][C]3=CC=CC3)=Cc3ccccc32)CCC1.[Cl-].[Cl-]. The van der Waals surface area contributed by atoms with Crippen LogP contribution in [0.5, 0.6) is 0 Å². The Bertz CT molecular complexity index is 654. The Kier molecular flexibility index (Phi) is 6.61. The van der Waals surface area contributed by atoms with Gasteiger partial charge < -0.3 is 24.8 Å². The fraction of sp³-hybridized carbons (Fsp3) is 0.368. The van der Waals surface area contributed by atoms with E-state index in [-0.39, 0.29) is 44.0 Å². The number of halogens is 2. The minimum Gasteiger partial charge on any atom is -1.00 e. The Morgan fingerprint density at radius 3 is 2.57 bits per heavy atom. The van der Waals surface area contributed by atoms with Crippen LogP contribution in [-0.2, 0) is 19.2 Å². The van der Waals surface area contributed by atoms with Crippen molar-refractivity contribution in [2.75, 3.05) is 0 Å². The summed E-state index contributed by atoms with van der Waals surface area (Å²) in [7, 11) is -1.05.